The van der Waals surface area contributed by atoms with Crippen molar-refractivity contribution < 1.29 is 19.4 Å². The van der Waals surface area contributed by atoms with Gasteiger partial charge in [-0.15, -0.1) is 0 Å². The number of aliphatic hydroxyl groups is 1. The smallest absolute Gasteiger partial charge is 0.209 e. The molecular formula is C11H11B2NO4. The van der Waals surface area contributed by atoms with Crippen molar-refractivity contribution in [2.75, 3.05) is 6.44 Å². The van der Waals surface area contributed by atoms with Gasteiger partial charge in [-0.05, 0) is 31.6 Å². The third-order valence-corrected chi connectivity index (χ3v) is 2.58. The molecule has 4 radical (unpaired) electrons. The molecule has 2 atom stereocenters. The highest BCUT2D eigenvalue weighted by molar-refractivity contribution is 6.11. The van der Waals surface area contributed by atoms with Crippen LogP contribution in [-0.2, 0) is 0 Å². The van der Waals surface area contributed by atoms with Crippen molar-refractivity contribution in [1.82, 2.24) is 5.32 Å². The molecule has 18 heavy (non-hydrogen) atoms. The lowest BCUT2D eigenvalue weighted by Crippen LogP contribution is -2.49. The molecule has 0 amide bonds. The lowest BCUT2D eigenvalue weighted by molar-refractivity contribution is 0.0263. The van der Waals surface area contributed by atoms with Gasteiger partial charge in [-0.2, -0.15) is 0 Å². The Bertz CT molecular complexity index is 478. The summed E-state index contributed by atoms with van der Waals surface area (Å²) >= 11 is 0. The molecule has 5 nitrogen and oxygen atoms in total. The van der Waals surface area contributed by atoms with Crippen LogP contribution in [0.15, 0.2) is 18.2 Å². The van der Waals surface area contributed by atoms with Crippen LogP contribution in [0.4, 0.5) is 0 Å². The quantitative estimate of drug-likeness (QED) is 0.424. The van der Waals surface area contributed by atoms with Gasteiger partial charge < -0.3 is 14.6 Å². The number of benzene rings is 1. The monoisotopic (exact) mass is 243 g/mol. The first-order chi connectivity index (χ1) is 8.44. The first-order valence-electron chi connectivity index (χ1n) is 5.39. The maximum atomic E-state index is 12.0. The molecule has 1 aliphatic heterocycles. The Balaban J connectivity index is 2.25. The van der Waals surface area contributed by atoms with Gasteiger partial charge in [0.05, 0.1) is 7.85 Å². The van der Waals surface area contributed by atoms with Crippen LogP contribution < -0.4 is 14.8 Å². The van der Waals surface area contributed by atoms with Crippen molar-refractivity contribution in [1.29, 1.82) is 0 Å². The molecular weight excluding hydrogens is 232 g/mol. The number of rotatable bonds is 4. The van der Waals surface area contributed by atoms with Crippen molar-refractivity contribution in [3.8, 4) is 11.5 Å². The number of hydrogen-bond donors (Lipinski definition) is 2. The maximum Gasteiger partial charge on any atom is 0.209 e. The van der Waals surface area contributed by atoms with Crippen molar-refractivity contribution in [3.63, 3.8) is 0 Å². The predicted molar refractivity (Wildman–Crippen MR) is 66.0 cm³/mol. The van der Waals surface area contributed by atoms with E-state index in [9.17, 15) is 9.90 Å². The van der Waals surface area contributed by atoms with Crippen LogP contribution in [-0.4, -0.2) is 44.9 Å². The number of carbonyl (C=O) groups excluding carboxylic acids is 1. The van der Waals surface area contributed by atoms with Gasteiger partial charge in [-0.1, -0.05) is 0 Å². The molecule has 2 N–H and O–H groups in total. The summed E-state index contributed by atoms with van der Waals surface area (Å²) in [5.41, 5.74) is -1.46. The van der Waals surface area contributed by atoms with Gasteiger partial charge in [0.15, 0.2) is 31.3 Å². The molecule has 0 spiro atoms. The summed E-state index contributed by atoms with van der Waals surface area (Å²) in [5.74, 6) is 0.321. The van der Waals surface area contributed by atoms with E-state index in [1.807, 2.05) is 0 Å². The summed E-state index contributed by atoms with van der Waals surface area (Å²) in [4.78, 5) is 12.0. The highest BCUT2D eigenvalue weighted by atomic mass is 16.7. The fraction of sp³-hybridized carbons (Fsp3) is 0.364. The summed E-state index contributed by atoms with van der Waals surface area (Å²) < 4.78 is 10.3. The number of carbonyl (C=O) groups is 1. The lowest BCUT2D eigenvalue weighted by Gasteiger charge is -2.22. The second-order valence-electron chi connectivity index (χ2n) is 4.05. The van der Waals surface area contributed by atoms with E-state index in [2.05, 4.69) is 5.32 Å². The van der Waals surface area contributed by atoms with E-state index in [0.717, 1.165) is 0 Å². The van der Waals surface area contributed by atoms with Gasteiger partial charge in [0.25, 0.3) is 0 Å². The van der Waals surface area contributed by atoms with Crippen molar-refractivity contribution >= 4 is 21.5 Å². The van der Waals surface area contributed by atoms with Crippen LogP contribution in [0, 0.1) is 0 Å². The first-order valence-corrected chi connectivity index (χ1v) is 5.39. The minimum absolute atomic E-state index is 0.0197. The molecule has 0 saturated heterocycles. The third-order valence-electron chi connectivity index (χ3n) is 2.58. The Kier molecular flexibility index (Phi) is 3.36. The molecule has 90 valence electrons. The fourth-order valence-electron chi connectivity index (χ4n) is 1.67. The number of ether oxygens (including phenoxy) is 2. The zero-order valence-electron chi connectivity index (χ0n) is 9.84. The van der Waals surface area contributed by atoms with Crippen LogP contribution in [0.1, 0.15) is 17.3 Å². The summed E-state index contributed by atoms with van der Waals surface area (Å²) in [7, 11) is 10.7. The molecule has 1 heterocycles. The predicted octanol–water partition coefficient (Wildman–Crippen LogP) is -0.483. The number of fused-ring (bicyclic) bond motifs is 1. The maximum absolute atomic E-state index is 12.0. The van der Waals surface area contributed by atoms with E-state index in [-0.39, 0.29) is 12.0 Å². The van der Waals surface area contributed by atoms with Crippen molar-refractivity contribution in [2.24, 2.45) is 0 Å². The van der Waals surface area contributed by atoms with Crippen LogP contribution in [0.3, 0.4) is 0 Å². The van der Waals surface area contributed by atoms with Gasteiger partial charge in [0.2, 0.25) is 5.78 Å². The summed E-state index contributed by atoms with van der Waals surface area (Å²) in [6.07, 6.45) is -0.887. The van der Waals surface area contributed by atoms with Crippen LogP contribution >= 0.6 is 0 Å². The number of ketones is 1. The number of nitrogens with one attached hydrogen (secondary N) is 1. The summed E-state index contributed by atoms with van der Waals surface area (Å²) in [6.45, 7) is 1.33. The van der Waals surface area contributed by atoms with Gasteiger partial charge in [-0.25, -0.2) is 0 Å². The Hall–Kier alpha value is -1.46. The van der Waals surface area contributed by atoms with Gasteiger partial charge in [0, 0.05) is 5.56 Å². The molecule has 1 aromatic carbocycles. The molecule has 0 aromatic heterocycles. The van der Waals surface area contributed by atoms with E-state index in [0.29, 0.717) is 11.5 Å². The van der Waals surface area contributed by atoms with Crippen LogP contribution in [0.25, 0.3) is 0 Å². The Labute approximate surface area is 107 Å². The van der Waals surface area contributed by atoms with Gasteiger partial charge >= 0.3 is 0 Å². The molecule has 1 aliphatic rings. The van der Waals surface area contributed by atoms with Gasteiger partial charge in [0.1, 0.15) is 0 Å². The largest absolute Gasteiger partial charge is 0.461 e. The Morgan fingerprint density at radius 2 is 2.17 bits per heavy atom. The average Bonchev–Trinajstić information content (AvgIpc) is 2.66. The molecule has 0 saturated carbocycles. The molecule has 1 unspecified atom stereocenters. The highest BCUT2D eigenvalue weighted by Crippen LogP contribution is 2.35. The molecule has 7 heteroatoms. The molecule has 0 bridgehead atoms. The number of Topliss-reactive ketones (excluding diaryl/α,β-unsaturated/α-hetero) is 1. The SMILES string of the molecule is [B]CN[C@@](C)(O)C(=O)c1ccc2c(c1)OC([B])O2. The van der Waals surface area contributed by atoms with E-state index < -0.39 is 17.7 Å². The Morgan fingerprint density at radius 1 is 1.50 bits per heavy atom. The lowest BCUT2D eigenvalue weighted by atomic mass is 10.00. The van der Waals surface area contributed by atoms with Crippen molar-refractivity contribution in [3.05, 3.63) is 23.8 Å². The normalized spacial score (nSPS) is 20.4. The first kappa shape index (κ1) is 13.0. The van der Waals surface area contributed by atoms with Gasteiger partial charge in [-0.3, -0.25) is 10.1 Å². The second-order valence-corrected chi connectivity index (χ2v) is 4.05. The van der Waals surface area contributed by atoms with Crippen LogP contribution in [0.5, 0.6) is 11.5 Å². The minimum Gasteiger partial charge on any atom is -0.461 e. The molecule has 2 rings (SSSR count). The molecule has 0 aliphatic carbocycles. The second kappa shape index (κ2) is 4.66. The van der Waals surface area contributed by atoms with E-state index in [1.165, 1.54) is 19.1 Å². The summed E-state index contributed by atoms with van der Waals surface area (Å²) in [5, 5.41) is 12.4. The molecule has 1 aromatic rings. The number of hydrogen-bond acceptors (Lipinski definition) is 5. The fourth-order valence-corrected chi connectivity index (χ4v) is 1.67. The standard InChI is InChI=1S/C11H11B2NO4/c1-11(16,14-5-12)9(15)6-2-3-7-8(4-6)18-10(13)17-7/h2-4,10,14,16H,5H2,1H3/t10?,11-/m0/s1. The van der Waals surface area contributed by atoms with E-state index in [4.69, 9.17) is 25.2 Å². The summed E-state index contributed by atoms with van der Waals surface area (Å²) in [6, 6.07) is 4.56. The molecule has 0 fully saturated rings. The Morgan fingerprint density at radius 3 is 2.83 bits per heavy atom. The average molecular weight is 243 g/mol. The highest BCUT2D eigenvalue weighted by Gasteiger charge is 2.31. The van der Waals surface area contributed by atoms with E-state index in [1.54, 1.807) is 6.07 Å². The zero-order valence-corrected chi connectivity index (χ0v) is 9.84. The third kappa shape index (κ3) is 2.37. The topological polar surface area (TPSA) is 67.8 Å². The van der Waals surface area contributed by atoms with Crippen LogP contribution in [0.2, 0.25) is 0 Å². The minimum atomic E-state index is -1.73. The van der Waals surface area contributed by atoms with Crippen molar-refractivity contribution in [2.45, 2.75) is 18.8 Å². The zero-order chi connectivity index (χ0) is 13.3. The van der Waals surface area contributed by atoms with E-state index >= 15 is 0 Å².